The van der Waals surface area contributed by atoms with E-state index in [0.717, 1.165) is 5.56 Å². The van der Waals surface area contributed by atoms with Gasteiger partial charge in [0.15, 0.2) is 5.69 Å². The van der Waals surface area contributed by atoms with Gasteiger partial charge in [0, 0.05) is 44.0 Å². The number of nitrogens with zero attached hydrogens (tertiary/aromatic N) is 4. The van der Waals surface area contributed by atoms with Crippen LogP contribution in [0.4, 0.5) is 9.18 Å². The lowest BCUT2D eigenvalue weighted by atomic mass is 10.0. The molecule has 1 saturated heterocycles. The van der Waals surface area contributed by atoms with Crippen molar-refractivity contribution in [3.63, 3.8) is 0 Å². The molecule has 10 heteroatoms. The lowest BCUT2D eigenvalue weighted by Gasteiger charge is -2.34. The highest BCUT2D eigenvalue weighted by molar-refractivity contribution is 5.98. The van der Waals surface area contributed by atoms with Crippen LogP contribution in [0.25, 0.3) is 16.8 Å². The number of carbonyl (C=O) groups is 2. The molecular weight excluding hydrogens is 479 g/mol. The fraction of sp³-hybridized carbons (Fsp3) is 0.185. The molecule has 0 unspecified atom stereocenters. The number of ether oxygens (including phenoxy) is 1. The van der Waals surface area contributed by atoms with Crippen molar-refractivity contribution in [2.24, 2.45) is 0 Å². The fourth-order valence-corrected chi connectivity index (χ4v) is 4.15. The third-order valence-corrected chi connectivity index (χ3v) is 6.07. The van der Waals surface area contributed by atoms with Crippen molar-refractivity contribution in [1.82, 2.24) is 19.5 Å². The van der Waals surface area contributed by atoms with Crippen molar-refractivity contribution in [2.45, 2.75) is 6.61 Å². The highest BCUT2D eigenvalue weighted by Gasteiger charge is 2.29. The summed E-state index contributed by atoms with van der Waals surface area (Å²) in [5, 5.41) is 0. The summed E-state index contributed by atoms with van der Waals surface area (Å²) >= 11 is 0. The predicted octanol–water partition coefficient (Wildman–Crippen LogP) is 3.73. The zero-order valence-electron chi connectivity index (χ0n) is 19.7. The summed E-state index contributed by atoms with van der Waals surface area (Å²) < 4.78 is 25.4. The number of halogens is 1. The van der Waals surface area contributed by atoms with Gasteiger partial charge in [-0.3, -0.25) is 4.79 Å². The number of pyridine rings is 1. The summed E-state index contributed by atoms with van der Waals surface area (Å²) in [6.45, 7) is 1.31. The molecule has 1 fully saturated rings. The Kier molecular flexibility index (Phi) is 6.80. The average molecular weight is 503 g/mol. The highest BCUT2D eigenvalue weighted by Crippen LogP contribution is 2.29. The van der Waals surface area contributed by atoms with Gasteiger partial charge in [0.25, 0.3) is 5.91 Å². The van der Waals surface area contributed by atoms with Crippen LogP contribution in [0, 0.1) is 5.82 Å². The van der Waals surface area contributed by atoms with Gasteiger partial charge in [-0.15, -0.1) is 0 Å². The predicted molar refractivity (Wildman–Crippen MR) is 132 cm³/mol. The van der Waals surface area contributed by atoms with Gasteiger partial charge >= 0.3 is 11.7 Å². The van der Waals surface area contributed by atoms with Crippen LogP contribution < -0.4 is 5.63 Å². The molecule has 0 bridgehead atoms. The lowest BCUT2D eigenvalue weighted by Crippen LogP contribution is -2.51. The van der Waals surface area contributed by atoms with E-state index in [-0.39, 0.29) is 37.0 Å². The Morgan fingerprint density at radius 3 is 2.30 bits per heavy atom. The molecular formula is C27H23FN4O5. The summed E-state index contributed by atoms with van der Waals surface area (Å²) in [6, 6.07) is 18.1. The van der Waals surface area contributed by atoms with Crippen LogP contribution in [-0.4, -0.2) is 57.7 Å². The van der Waals surface area contributed by atoms with E-state index >= 15 is 0 Å². The minimum absolute atomic E-state index is 0.0706. The van der Waals surface area contributed by atoms with E-state index in [9.17, 15) is 18.8 Å². The van der Waals surface area contributed by atoms with Gasteiger partial charge in [0.05, 0.1) is 6.20 Å². The third kappa shape index (κ3) is 5.27. The summed E-state index contributed by atoms with van der Waals surface area (Å²) in [7, 11) is 0. The largest absolute Gasteiger partial charge is 0.445 e. The van der Waals surface area contributed by atoms with Crippen LogP contribution >= 0.6 is 0 Å². The van der Waals surface area contributed by atoms with Crippen molar-refractivity contribution in [2.75, 3.05) is 26.2 Å². The molecule has 188 valence electrons. The average Bonchev–Trinajstić information content (AvgIpc) is 3.37. The number of amides is 2. The molecule has 9 nitrogen and oxygen atoms in total. The number of aromatic nitrogens is 2. The first-order valence-electron chi connectivity index (χ1n) is 11.7. The molecule has 2 aromatic carbocycles. The van der Waals surface area contributed by atoms with E-state index in [0.29, 0.717) is 24.2 Å². The van der Waals surface area contributed by atoms with Crippen LogP contribution in [0.3, 0.4) is 0 Å². The summed E-state index contributed by atoms with van der Waals surface area (Å²) in [6.07, 6.45) is 2.44. The van der Waals surface area contributed by atoms with Crippen molar-refractivity contribution >= 4 is 12.0 Å². The second kappa shape index (κ2) is 10.5. The number of carbonyl (C=O) groups excluding carboxylic acids is 2. The molecule has 1 aliphatic heterocycles. The maximum atomic E-state index is 13.6. The van der Waals surface area contributed by atoms with Crippen LogP contribution in [0.5, 0.6) is 0 Å². The van der Waals surface area contributed by atoms with E-state index in [1.807, 2.05) is 30.3 Å². The van der Waals surface area contributed by atoms with Crippen molar-refractivity contribution < 1.29 is 23.2 Å². The number of rotatable bonds is 5. The smallest absolute Gasteiger partial charge is 0.410 e. The van der Waals surface area contributed by atoms with Gasteiger partial charge in [-0.1, -0.05) is 42.5 Å². The molecule has 0 aliphatic carbocycles. The maximum Gasteiger partial charge on any atom is 0.410 e. The second-order valence-electron chi connectivity index (χ2n) is 8.43. The SMILES string of the molecule is O=C(OCc1ccccc1)N1CCN(C(=O)c2nccc(-c3ccc(F)cc3)c2-n2ccc(=O)o2)CC1. The minimum atomic E-state index is -0.588. The molecule has 2 amide bonds. The van der Waals surface area contributed by atoms with E-state index in [1.54, 1.807) is 28.0 Å². The molecule has 1 aliphatic rings. The summed E-state index contributed by atoms with van der Waals surface area (Å²) in [5.74, 6) is -0.782. The maximum absolute atomic E-state index is 13.6. The first kappa shape index (κ1) is 24.0. The fourth-order valence-electron chi connectivity index (χ4n) is 4.15. The molecule has 0 saturated carbocycles. The van der Waals surface area contributed by atoms with Gasteiger partial charge < -0.3 is 19.1 Å². The molecule has 0 radical (unpaired) electrons. The number of piperazine rings is 1. The monoisotopic (exact) mass is 502 g/mol. The Balaban J connectivity index is 1.34. The van der Waals surface area contributed by atoms with Gasteiger partial charge in [0.1, 0.15) is 18.1 Å². The Labute approximate surface area is 211 Å². The van der Waals surface area contributed by atoms with Crippen LogP contribution in [0.15, 0.2) is 88.4 Å². The van der Waals surface area contributed by atoms with Crippen molar-refractivity contribution in [3.05, 3.63) is 107 Å². The first-order chi connectivity index (χ1) is 18.0. The molecule has 5 rings (SSSR count). The van der Waals surface area contributed by atoms with E-state index in [2.05, 4.69) is 4.98 Å². The highest BCUT2D eigenvalue weighted by atomic mass is 19.1. The van der Waals surface area contributed by atoms with E-state index in [1.165, 1.54) is 35.3 Å². The second-order valence-corrected chi connectivity index (χ2v) is 8.43. The Morgan fingerprint density at radius 1 is 0.919 bits per heavy atom. The van der Waals surface area contributed by atoms with Crippen LogP contribution in [-0.2, 0) is 11.3 Å². The molecule has 0 atom stereocenters. The Bertz CT molecular complexity index is 1460. The normalized spacial score (nSPS) is 13.4. The molecule has 0 spiro atoms. The third-order valence-electron chi connectivity index (χ3n) is 6.07. The van der Waals surface area contributed by atoms with Crippen LogP contribution in [0.2, 0.25) is 0 Å². The van der Waals surface area contributed by atoms with Gasteiger partial charge in [-0.05, 0) is 29.3 Å². The Morgan fingerprint density at radius 2 is 1.62 bits per heavy atom. The quantitative estimate of drug-likeness (QED) is 0.413. The first-order valence-corrected chi connectivity index (χ1v) is 11.7. The molecule has 4 aromatic rings. The van der Waals surface area contributed by atoms with Gasteiger partial charge in [-0.2, -0.15) is 4.74 Å². The number of benzene rings is 2. The Hall–Kier alpha value is -4.73. The van der Waals surface area contributed by atoms with Gasteiger partial charge in [0.2, 0.25) is 0 Å². The standard InChI is InChI=1S/C27H23FN4O5/c28-21-8-6-20(7-9-21)22-10-12-29-24(25(22)32-13-11-23(33)37-32)26(34)30-14-16-31(17-15-30)27(35)36-18-19-4-2-1-3-5-19/h1-13H,14-18H2. The minimum Gasteiger partial charge on any atom is -0.445 e. The number of hydrogen-bond acceptors (Lipinski definition) is 6. The van der Waals surface area contributed by atoms with Gasteiger partial charge in [-0.25, -0.2) is 19.0 Å². The zero-order valence-corrected chi connectivity index (χ0v) is 19.7. The zero-order chi connectivity index (χ0) is 25.8. The lowest BCUT2D eigenvalue weighted by molar-refractivity contribution is 0.0539. The topological polar surface area (TPSA) is 97.9 Å². The molecule has 3 heterocycles. The molecule has 2 aromatic heterocycles. The van der Waals surface area contributed by atoms with Crippen molar-refractivity contribution in [1.29, 1.82) is 0 Å². The molecule has 0 N–H and O–H groups in total. The summed E-state index contributed by atoms with van der Waals surface area (Å²) in [5.41, 5.74) is 1.80. The number of hydrogen-bond donors (Lipinski definition) is 0. The van der Waals surface area contributed by atoms with E-state index in [4.69, 9.17) is 9.26 Å². The molecule has 37 heavy (non-hydrogen) atoms. The summed E-state index contributed by atoms with van der Waals surface area (Å²) in [4.78, 5) is 45.3. The van der Waals surface area contributed by atoms with Crippen LogP contribution in [0.1, 0.15) is 16.1 Å². The van der Waals surface area contributed by atoms with E-state index < -0.39 is 17.5 Å². The van der Waals surface area contributed by atoms with Crippen molar-refractivity contribution in [3.8, 4) is 16.8 Å².